The number of hydrogen-bond donors (Lipinski definition) is 1. The number of anilines is 1. The molecule has 37 heavy (non-hydrogen) atoms. The van der Waals surface area contributed by atoms with Gasteiger partial charge in [0, 0.05) is 12.0 Å². The average Bonchev–Trinajstić information content (AvgIpc) is 3.52. The number of thiazole rings is 1. The minimum absolute atomic E-state index is 0.0249. The molecule has 1 amide bonds. The molecule has 1 aromatic heterocycles. The van der Waals surface area contributed by atoms with E-state index in [1.54, 1.807) is 36.4 Å². The smallest absolute Gasteiger partial charge is 0.301 e. The van der Waals surface area contributed by atoms with Crippen molar-refractivity contribution in [3.05, 3.63) is 92.5 Å². The summed E-state index contributed by atoms with van der Waals surface area (Å²) in [6.07, 6.45) is 0.712. The van der Waals surface area contributed by atoms with Crippen molar-refractivity contribution in [2.75, 3.05) is 4.90 Å². The molecule has 3 heterocycles. The first-order valence-electron chi connectivity index (χ1n) is 11.6. The van der Waals surface area contributed by atoms with Crippen molar-refractivity contribution in [2.45, 2.75) is 32.4 Å². The van der Waals surface area contributed by atoms with Gasteiger partial charge in [-0.15, -0.1) is 0 Å². The van der Waals surface area contributed by atoms with Gasteiger partial charge in [0.1, 0.15) is 17.6 Å². The number of hydrogen-bond acceptors (Lipinski definition) is 6. The predicted molar refractivity (Wildman–Crippen MR) is 146 cm³/mol. The van der Waals surface area contributed by atoms with Gasteiger partial charge >= 0.3 is 5.91 Å². The van der Waals surface area contributed by atoms with Crippen LogP contribution in [0.25, 0.3) is 16.0 Å². The van der Waals surface area contributed by atoms with Crippen LogP contribution in [0.2, 0.25) is 10.0 Å². The van der Waals surface area contributed by atoms with Crippen LogP contribution in [0.3, 0.4) is 0 Å². The Morgan fingerprint density at radius 3 is 2.68 bits per heavy atom. The van der Waals surface area contributed by atoms with Crippen molar-refractivity contribution in [1.82, 2.24) is 4.98 Å². The Kier molecular flexibility index (Phi) is 5.75. The predicted octanol–water partition coefficient (Wildman–Crippen LogP) is 6.86. The number of aromatic nitrogens is 1. The zero-order chi connectivity index (χ0) is 26.0. The maximum atomic E-state index is 13.5. The van der Waals surface area contributed by atoms with Crippen molar-refractivity contribution < 1.29 is 19.4 Å². The van der Waals surface area contributed by atoms with Crippen LogP contribution >= 0.6 is 34.5 Å². The molecule has 186 valence electrons. The fraction of sp³-hybridized carbons (Fsp3) is 0.179. The van der Waals surface area contributed by atoms with Crippen LogP contribution in [0.15, 0.2) is 60.2 Å². The van der Waals surface area contributed by atoms with Gasteiger partial charge < -0.3 is 9.84 Å². The minimum Gasteiger partial charge on any atom is -0.507 e. The monoisotopic (exact) mass is 550 g/mol. The van der Waals surface area contributed by atoms with Gasteiger partial charge in [-0.1, -0.05) is 46.7 Å². The van der Waals surface area contributed by atoms with Crippen molar-refractivity contribution in [2.24, 2.45) is 0 Å². The first-order chi connectivity index (χ1) is 17.7. The Labute approximate surface area is 226 Å². The van der Waals surface area contributed by atoms with Crippen LogP contribution in [0.4, 0.5) is 5.13 Å². The third-order valence-electron chi connectivity index (χ3n) is 6.61. The number of ketones is 1. The summed E-state index contributed by atoms with van der Waals surface area (Å²) < 4.78 is 6.66. The fourth-order valence-corrected chi connectivity index (χ4v) is 6.27. The molecule has 0 unspecified atom stereocenters. The number of aliphatic hydroxyl groups excluding tert-OH is 1. The lowest BCUT2D eigenvalue weighted by atomic mass is 9.94. The van der Waals surface area contributed by atoms with E-state index in [-0.39, 0.29) is 22.5 Å². The van der Waals surface area contributed by atoms with Gasteiger partial charge in [0.15, 0.2) is 5.13 Å². The third kappa shape index (κ3) is 3.98. The molecule has 2 atom stereocenters. The highest BCUT2D eigenvalue weighted by Gasteiger charge is 2.48. The highest BCUT2D eigenvalue weighted by atomic mass is 35.5. The average molecular weight is 551 g/mol. The number of nitrogens with zero attached hydrogens (tertiary/aromatic N) is 2. The molecule has 2 aliphatic heterocycles. The van der Waals surface area contributed by atoms with Gasteiger partial charge in [-0.25, -0.2) is 4.98 Å². The molecule has 6 rings (SSSR count). The number of halogens is 2. The second kappa shape index (κ2) is 8.87. The maximum Gasteiger partial charge on any atom is 0.301 e. The Balaban J connectivity index is 1.55. The summed E-state index contributed by atoms with van der Waals surface area (Å²) >= 11 is 13.8. The summed E-state index contributed by atoms with van der Waals surface area (Å²) in [7, 11) is 0. The second-order valence-corrected chi connectivity index (χ2v) is 11.1. The summed E-state index contributed by atoms with van der Waals surface area (Å²) in [5, 5.41) is 12.4. The molecule has 4 aromatic rings. The third-order valence-corrected chi connectivity index (χ3v) is 8.37. The topological polar surface area (TPSA) is 79.7 Å². The lowest BCUT2D eigenvalue weighted by Gasteiger charge is -2.23. The first kappa shape index (κ1) is 24.0. The van der Waals surface area contributed by atoms with E-state index in [4.69, 9.17) is 27.9 Å². The number of fused-ring (bicyclic) bond motifs is 2. The Bertz CT molecular complexity index is 1660. The van der Waals surface area contributed by atoms with Crippen molar-refractivity contribution >= 4 is 67.3 Å². The number of Topliss-reactive ketones (excluding diaryl/α,β-unsaturated/α-hetero) is 1. The van der Waals surface area contributed by atoms with E-state index in [9.17, 15) is 14.7 Å². The summed E-state index contributed by atoms with van der Waals surface area (Å²) in [4.78, 5) is 32.9. The molecule has 0 aliphatic carbocycles. The molecule has 1 saturated heterocycles. The highest BCUT2D eigenvalue weighted by Crippen LogP contribution is 2.45. The van der Waals surface area contributed by atoms with E-state index in [2.05, 4.69) is 4.98 Å². The quantitative estimate of drug-likeness (QED) is 0.171. The van der Waals surface area contributed by atoms with Gasteiger partial charge in [-0.3, -0.25) is 14.5 Å². The molecule has 2 aliphatic rings. The van der Waals surface area contributed by atoms with Gasteiger partial charge in [0.25, 0.3) is 5.78 Å². The number of rotatable bonds is 3. The molecule has 1 N–H and O–H groups in total. The first-order valence-corrected chi connectivity index (χ1v) is 13.2. The largest absolute Gasteiger partial charge is 0.507 e. The Morgan fingerprint density at radius 2 is 1.89 bits per heavy atom. The van der Waals surface area contributed by atoms with Crippen LogP contribution in [0.5, 0.6) is 5.75 Å². The number of aliphatic hydroxyl groups is 1. The number of benzene rings is 3. The second-order valence-electron chi connectivity index (χ2n) is 9.27. The molecular formula is C28H20Cl2N2O4S. The number of amides is 1. The van der Waals surface area contributed by atoms with E-state index in [1.807, 2.05) is 32.0 Å². The van der Waals surface area contributed by atoms with Crippen LogP contribution in [-0.4, -0.2) is 27.9 Å². The highest BCUT2D eigenvalue weighted by molar-refractivity contribution is 7.22. The van der Waals surface area contributed by atoms with Crippen molar-refractivity contribution in [3.63, 3.8) is 0 Å². The van der Waals surface area contributed by atoms with Crippen LogP contribution in [0, 0.1) is 6.92 Å². The summed E-state index contributed by atoms with van der Waals surface area (Å²) in [5.74, 6) is -1.09. The molecule has 0 bridgehead atoms. The van der Waals surface area contributed by atoms with E-state index in [0.29, 0.717) is 33.2 Å². The summed E-state index contributed by atoms with van der Waals surface area (Å²) in [6, 6.07) is 15.0. The fourth-order valence-electron chi connectivity index (χ4n) is 4.88. The molecule has 0 spiro atoms. The Morgan fingerprint density at radius 1 is 1.08 bits per heavy atom. The van der Waals surface area contributed by atoms with Crippen molar-refractivity contribution in [1.29, 1.82) is 0 Å². The van der Waals surface area contributed by atoms with Crippen molar-refractivity contribution in [3.8, 4) is 5.75 Å². The summed E-state index contributed by atoms with van der Waals surface area (Å²) in [5.41, 5.74) is 3.63. The van der Waals surface area contributed by atoms with E-state index in [1.165, 1.54) is 16.2 Å². The normalized spacial score (nSPS) is 20.5. The van der Waals surface area contributed by atoms with Gasteiger partial charge in [-0.05, 0) is 73.0 Å². The van der Waals surface area contributed by atoms with Crippen LogP contribution < -0.4 is 9.64 Å². The number of carbonyl (C=O) groups is 2. The van der Waals surface area contributed by atoms with E-state index in [0.717, 1.165) is 21.6 Å². The summed E-state index contributed by atoms with van der Waals surface area (Å²) in [6.45, 7) is 3.94. The molecule has 6 nitrogen and oxygen atoms in total. The standard InChI is InChI=1S/C28H20Cl2N2O4S/c1-13-3-7-20-22(9-13)37-28(31-20)32-24(15-4-6-18(29)19(30)12-15)23(26(34)27(32)35)25(33)16-5-8-21-17(11-16)10-14(2)36-21/h3-9,11-12,14,24,33H,10H2,1-2H3/t14-,24+/m0/s1. The molecule has 1 fully saturated rings. The maximum absolute atomic E-state index is 13.5. The molecule has 0 saturated carbocycles. The molecule has 3 aromatic carbocycles. The van der Waals surface area contributed by atoms with Crippen LogP contribution in [-0.2, 0) is 16.0 Å². The molecular weight excluding hydrogens is 531 g/mol. The minimum atomic E-state index is -0.945. The van der Waals surface area contributed by atoms with Gasteiger partial charge in [-0.2, -0.15) is 0 Å². The molecule has 0 radical (unpaired) electrons. The number of aryl methyl sites for hydroxylation is 1. The van der Waals surface area contributed by atoms with Gasteiger partial charge in [0.05, 0.1) is 31.9 Å². The zero-order valence-electron chi connectivity index (χ0n) is 19.8. The van der Waals surface area contributed by atoms with E-state index < -0.39 is 17.7 Å². The van der Waals surface area contributed by atoms with E-state index >= 15 is 0 Å². The van der Waals surface area contributed by atoms with Gasteiger partial charge in [0.2, 0.25) is 0 Å². The lowest BCUT2D eigenvalue weighted by molar-refractivity contribution is -0.132. The number of carbonyl (C=O) groups excluding carboxylic acids is 2. The number of ether oxygens (including phenoxy) is 1. The Hall–Kier alpha value is -3.39. The molecule has 9 heteroatoms. The lowest BCUT2D eigenvalue weighted by Crippen LogP contribution is -2.29. The SMILES string of the molecule is Cc1ccc2nc(N3C(=O)C(=O)C(=C(O)c4ccc5c(c4)C[C@H](C)O5)[C@H]3c3ccc(Cl)c(Cl)c3)sc2c1. The zero-order valence-corrected chi connectivity index (χ0v) is 22.1. The van der Waals surface area contributed by atoms with Crippen LogP contribution in [0.1, 0.15) is 35.2 Å².